The van der Waals surface area contributed by atoms with Crippen LogP contribution in [0.4, 0.5) is 4.79 Å². The molecule has 0 saturated heterocycles. The van der Waals surface area contributed by atoms with Crippen molar-refractivity contribution in [2.75, 3.05) is 6.61 Å². The molecule has 2 aliphatic carbocycles. The summed E-state index contributed by atoms with van der Waals surface area (Å²) in [6.45, 7) is 6.19. The molecule has 122 valence electrons. The van der Waals surface area contributed by atoms with Crippen molar-refractivity contribution in [3.8, 4) is 0 Å². The lowest BCUT2D eigenvalue weighted by Gasteiger charge is -2.47. The highest BCUT2D eigenvalue weighted by molar-refractivity contribution is 5.71. The van der Waals surface area contributed by atoms with Gasteiger partial charge >= 0.3 is 6.09 Å². The van der Waals surface area contributed by atoms with Crippen molar-refractivity contribution < 1.29 is 9.53 Å². The van der Waals surface area contributed by atoms with E-state index in [4.69, 9.17) is 4.74 Å². The first-order valence-corrected chi connectivity index (χ1v) is 8.01. The molecule has 2 bridgehead atoms. The molecule has 5 heteroatoms. The molecule has 1 heterocycles. The van der Waals surface area contributed by atoms with E-state index in [-0.39, 0.29) is 11.5 Å². The van der Waals surface area contributed by atoms with Gasteiger partial charge in [0.1, 0.15) is 0 Å². The van der Waals surface area contributed by atoms with E-state index < -0.39 is 11.6 Å². The summed E-state index contributed by atoms with van der Waals surface area (Å²) in [5.41, 5.74) is 3.50. The number of carbonyl (C=O) groups excluding carboxylic acids is 1. The number of rotatable bonds is 2. The van der Waals surface area contributed by atoms with Gasteiger partial charge in [-0.3, -0.25) is 4.79 Å². The van der Waals surface area contributed by atoms with E-state index in [1.54, 1.807) is 6.92 Å². The minimum Gasteiger partial charge on any atom is -0.450 e. The Hall–Kier alpha value is -2.30. The largest absolute Gasteiger partial charge is 0.450 e. The molecule has 3 rings (SSSR count). The van der Waals surface area contributed by atoms with Crippen LogP contribution >= 0.6 is 0 Å². The number of alkyl carbamates (subject to hydrolysis) is 1. The van der Waals surface area contributed by atoms with Crippen LogP contribution in [0.3, 0.4) is 0 Å². The van der Waals surface area contributed by atoms with Crippen LogP contribution in [0.1, 0.15) is 38.4 Å². The summed E-state index contributed by atoms with van der Waals surface area (Å²) in [4.78, 5) is 26.8. The molecule has 0 aliphatic heterocycles. The summed E-state index contributed by atoms with van der Waals surface area (Å²) in [6.07, 6.45) is 5.30. The number of carbonyl (C=O) groups is 1. The van der Waals surface area contributed by atoms with Gasteiger partial charge in [0, 0.05) is 23.2 Å². The molecule has 2 atom stereocenters. The van der Waals surface area contributed by atoms with Crippen LogP contribution in [-0.2, 0) is 16.7 Å². The summed E-state index contributed by atoms with van der Waals surface area (Å²) in [5.74, 6) is 0.182. The molecule has 5 nitrogen and oxygen atoms in total. The number of pyridine rings is 1. The Morgan fingerprint density at radius 1 is 1.52 bits per heavy atom. The van der Waals surface area contributed by atoms with Crippen LogP contribution in [0, 0.1) is 5.92 Å². The number of aromatic amines is 1. The summed E-state index contributed by atoms with van der Waals surface area (Å²) in [5, 5.41) is 3.08. The van der Waals surface area contributed by atoms with Gasteiger partial charge in [-0.2, -0.15) is 0 Å². The maximum atomic E-state index is 12.2. The molecule has 0 aromatic carbocycles. The van der Waals surface area contributed by atoms with Crippen LogP contribution in [0.5, 0.6) is 0 Å². The highest BCUT2D eigenvalue weighted by Crippen LogP contribution is 2.49. The van der Waals surface area contributed by atoms with Gasteiger partial charge in [0.05, 0.1) is 12.1 Å². The number of ether oxygens (including phenoxy) is 1. The van der Waals surface area contributed by atoms with E-state index in [9.17, 15) is 9.59 Å². The Kier molecular flexibility index (Phi) is 3.88. The minimum absolute atomic E-state index is 0.113. The topological polar surface area (TPSA) is 71.2 Å². The molecule has 2 aliphatic rings. The lowest BCUT2D eigenvalue weighted by Crippen LogP contribution is -2.53. The number of allylic oxidation sites excluding steroid dienone is 2. The lowest BCUT2D eigenvalue weighted by molar-refractivity contribution is 0.138. The van der Waals surface area contributed by atoms with Crippen molar-refractivity contribution in [2.45, 2.75) is 39.2 Å². The average molecular weight is 314 g/mol. The van der Waals surface area contributed by atoms with Crippen molar-refractivity contribution in [2.24, 2.45) is 5.92 Å². The van der Waals surface area contributed by atoms with Gasteiger partial charge in [-0.25, -0.2) is 4.79 Å². The third kappa shape index (κ3) is 2.50. The molecule has 0 saturated carbocycles. The smallest absolute Gasteiger partial charge is 0.408 e. The standard InChI is InChI=1S/C18H22N2O3/c1-4-13-12-8-11(3)10-18(13,20-17(22)23-5-2)14-6-7-16(21)19-15(14)9-12/h4,6-8,12H,5,9-10H2,1-3H3,(H,19,21)(H,20,22)/b13-4+/t12-,18+/m0/s1. The molecular weight excluding hydrogens is 292 g/mol. The highest BCUT2D eigenvalue weighted by Gasteiger charge is 2.48. The number of fused-ring (bicyclic) bond motifs is 4. The Morgan fingerprint density at radius 3 is 3.00 bits per heavy atom. The zero-order valence-electron chi connectivity index (χ0n) is 13.7. The first-order valence-electron chi connectivity index (χ1n) is 8.01. The van der Waals surface area contributed by atoms with Gasteiger partial charge in [0.2, 0.25) is 5.56 Å². The fourth-order valence-corrected chi connectivity index (χ4v) is 4.03. The van der Waals surface area contributed by atoms with Crippen molar-refractivity contribution in [1.29, 1.82) is 0 Å². The highest BCUT2D eigenvalue weighted by atomic mass is 16.5. The number of hydrogen-bond acceptors (Lipinski definition) is 3. The summed E-state index contributed by atoms with van der Waals surface area (Å²) >= 11 is 0. The van der Waals surface area contributed by atoms with Crippen LogP contribution in [-0.4, -0.2) is 17.7 Å². The molecule has 23 heavy (non-hydrogen) atoms. The van der Waals surface area contributed by atoms with E-state index in [0.717, 1.165) is 23.3 Å². The lowest BCUT2D eigenvalue weighted by atomic mass is 9.63. The molecular formula is C18H22N2O3. The number of amides is 1. The minimum atomic E-state index is -0.637. The molecule has 1 aromatic heterocycles. The monoisotopic (exact) mass is 314 g/mol. The van der Waals surface area contributed by atoms with Crippen LogP contribution < -0.4 is 10.9 Å². The fourth-order valence-electron chi connectivity index (χ4n) is 4.03. The van der Waals surface area contributed by atoms with Crippen molar-refractivity contribution in [3.63, 3.8) is 0 Å². The maximum Gasteiger partial charge on any atom is 0.408 e. The normalized spacial score (nSPS) is 27.2. The summed E-state index contributed by atoms with van der Waals surface area (Å²) in [6, 6.07) is 3.35. The number of H-pyrrole nitrogens is 1. The van der Waals surface area contributed by atoms with Gasteiger partial charge < -0.3 is 15.0 Å². The van der Waals surface area contributed by atoms with Gasteiger partial charge in [-0.1, -0.05) is 17.7 Å². The molecule has 0 spiro atoms. The Morgan fingerprint density at radius 2 is 2.30 bits per heavy atom. The van der Waals surface area contributed by atoms with E-state index in [1.807, 2.05) is 13.0 Å². The van der Waals surface area contributed by atoms with E-state index in [0.29, 0.717) is 13.0 Å². The summed E-state index contributed by atoms with van der Waals surface area (Å²) in [7, 11) is 0. The Balaban J connectivity index is 2.19. The number of nitrogens with one attached hydrogen (secondary N) is 2. The number of aromatic nitrogens is 1. The van der Waals surface area contributed by atoms with Crippen molar-refractivity contribution in [3.05, 3.63) is 57.0 Å². The van der Waals surface area contributed by atoms with E-state index in [1.165, 1.54) is 11.6 Å². The van der Waals surface area contributed by atoms with Crippen molar-refractivity contribution in [1.82, 2.24) is 10.3 Å². The second-order valence-electron chi connectivity index (χ2n) is 6.21. The third-order valence-electron chi connectivity index (χ3n) is 4.71. The molecule has 1 aromatic rings. The predicted octanol–water partition coefficient (Wildman–Crippen LogP) is 2.78. The van der Waals surface area contributed by atoms with Gasteiger partial charge in [0.15, 0.2) is 0 Å². The Labute approximate surface area is 135 Å². The zero-order valence-corrected chi connectivity index (χ0v) is 13.7. The fraction of sp³-hybridized carbons (Fsp3) is 0.444. The van der Waals surface area contributed by atoms with E-state index in [2.05, 4.69) is 29.4 Å². The van der Waals surface area contributed by atoms with E-state index >= 15 is 0 Å². The SMILES string of the molecule is C/C=C1\[C@H]2C=C(C)C[C@]1(NC(=O)OCC)c1ccc(=O)[nH]c1C2. The van der Waals surface area contributed by atoms with Crippen LogP contribution in [0.2, 0.25) is 0 Å². The summed E-state index contributed by atoms with van der Waals surface area (Å²) < 4.78 is 5.13. The first kappa shape index (κ1) is 15.6. The van der Waals surface area contributed by atoms with Gasteiger partial charge in [0.25, 0.3) is 0 Å². The first-order chi connectivity index (χ1) is 11.0. The Bertz CT molecular complexity index is 760. The molecule has 0 fully saturated rings. The maximum absolute atomic E-state index is 12.2. The van der Waals surface area contributed by atoms with Crippen molar-refractivity contribution >= 4 is 6.09 Å². The van der Waals surface area contributed by atoms with Gasteiger partial charge in [-0.15, -0.1) is 0 Å². The number of hydrogen-bond donors (Lipinski definition) is 2. The third-order valence-corrected chi connectivity index (χ3v) is 4.71. The second-order valence-corrected chi connectivity index (χ2v) is 6.21. The quantitative estimate of drug-likeness (QED) is 0.825. The zero-order chi connectivity index (χ0) is 16.6. The molecule has 2 N–H and O–H groups in total. The van der Waals surface area contributed by atoms with Crippen LogP contribution in [0.25, 0.3) is 0 Å². The van der Waals surface area contributed by atoms with Gasteiger partial charge in [-0.05, 0) is 45.3 Å². The second kappa shape index (κ2) is 5.72. The predicted molar refractivity (Wildman–Crippen MR) is 88.2 cm³/mol. The molecule has 0 unspecified atom stereocenters. The molecule has 1 amide bonds. The molecule has 0 radical (unpaired) electrons. The van der Waals surface area contributed by atoms with Crippen LogP contribution in [0.15, 0.2) is 40.2 Å². The average Bonchev–Trinajstić information content (AvgIpc) is 2.46.